The second-order valence-corrected chi connectivity index (χ2v) is 6.97. The van der Waals surface area contributed by atoms with Crippen molar-refractivity contribution < 1.29 is 9.59 Å². The summed E-state index contributed by atoms with van der Waals surface area (Å²) in [5.41, 5.74) is 5.01. The van der Waals surface area contributed by atoms with Gasteiger partial charge in [-0.15, -0.1) is 0 Å². The zero-order valence-electron chi connectivity index (χ0n) is 16.3. The van der Waals surface area contributed by atoms with Crippen LogP contribution in [0.5, 0.6) is 0 Å². The Morgan fingerprint density at radius 2 is 1.39 bits per heavy atom. The van der Waals surface area contributed by atoms with Crippen molar-refractivity contribution in [3.63, 3.8) is 0 Å². The van der Waals surface area contributed by atoms with E-state index in [2.05, 4.69) is 10.6 Å². The van der Waals surface area contributed by atoms with Crippen molar-refractivity contribution in [2.45, 2.75) is 26.9 Å². The minimum atomic E-state index is -0.878. The van der Waals surface area contributed by atoms with Crippen LogP contribution in [0, 0.1) is 20.8 Å². The predicted molar refractivity (Wildman–Crippen MR) is 113 cm³/mol. The van der Waals surface area contributed by atoms with Crippen LogP contribution < -0.4 is 10.6 Å². The van der Waals surface area contributed by atoms with Gasteiger partial charge in [0.1, 0.15) is 0 Å². The Hall–Kier alpha value is -3.40. The molecule has 0 aromatic heterocycles. The summed E-state index contributed by atoms with van der Waals surface area (Å²) in [5.74, 6) is -0.492. The van der Waals surface area contributed by atoms with Crippen LogP contribution in [-0.2, 0) is 0 Å². The predicted octanol–water partition coefficient (Wildman–Crippen LogP) is 4.66. The van der Waals surface area contributed by atoms with E-state index in [1.807, 2.05) is 69.3 Å². The van der Waals surface area contributed by atoms with Crippen molar-refractivity contribution in [2.24, 2.45) is 0 Å². The summed E-state index contributed by atoms with van der Waals surface area (Å²) in [4.78, 5) is 25.8. The van der Waals surface area contributed by atoms with Gasteiger partial charge in [-0.3, -0.25) is 9.59 Å². The number of nitrogens with one attached hydrogen (secondary N) is 2. The van der Waals surface area contributed by atoms with Crippen LogP contribution >= 0.6 is 0 Å². The number of anilines is 1. The number of benzene rings is 3. The Balaban J connectivity index is 1.89. The van der Waals surface area contributed by atoms with Crippen molar-refractivity contribution in [1.29, 1.82) is 0 Å². The van der Waals surface area contributed by atoms with Crippen molar-refractivity contribution in [2.75, 3.05) is 5.32 Å². The largest absolute Gasteiger partial charge is 0.359 e. The van der Waals surface area contributed by atoms with Gasteiger partial charge in [0.25, 0.3) is 5.91 Å². The molecule has 2 N–H and O–H groups in total. The lowest BCUT2D eigenvalue weighted by molar-refractivity contribution is 0.0869. The molecule has 0 aliphatic rings. The number of hydrogen-bond acceptors (Lipinski definition) is 3. The normalized spacial score (nSPS) is 11.5. The highest BCUT2D eigenvalue weighted by Gasteiger charge is 2.23. The topological polar surface area (TPSA) is 58.2 Å². The molecule has 142 valence electrons. The quantitative estimate of drug-likeness (QED) is 0.489. The maximum absolute atomic E-state index is 13.1. The maximum atomic E-state index is 13.1. The van der Waals surface area contributed by atoms with Gasteiger partial charge < -0.3 is 10.6 Å². The number of carbonyl (C=O) groups excluding carboxylic acids is 2. The standard InChI is InChI=1S/C24H24N2O2/c1-16-10-13-20(14-11-16)24(28)26-23(22(27)19-7-5-4-6-8-19)25-21-15-17(2)9-12-18(21)3/h4-15,23,25H,1-3H3,(H,26,28). The van der Waals surface area contributed by atoms with E-state index in [1.165, 1.54) is 0 Å². The molecule has 3 aromatic carbocycles. The van der Waals surface area contributed by atoms with Crippen LogP contribution in [0.25, 0.3) is 0 Å². The summed E-state index contributed by atoms with van der Waals surface area (Å²) in [6, 6.07) is 22.2. The molecule has 0 fully saturated rings. The molecule has 0 saturated heterocycles. The van der Waals surface area contributed by atoms with Gasteiger partial charge in [0.15, 0.2) is 6.17 Å². The van der Waals surface area contributed by atoms with Gasteiger partial charge in [-0.05, 0) is 50.1 Å². The molecule has 3 aromatic rings. The highest BCUT2D eigenvalue weighted by Crippen LogP contribution is 2.18. The van der Waals surface area contributed by atoms with Crippen LogP contribution in [0.3, 0.4) is 0 Å². The van der Waals surface area contributed by atoms with Crippen molar-refractivity contribution in [1.82, 2.24) is 5.32 Å². The Morgan fingerprint density at radius 3 is 2.07 bits per heavy atom. The van der Waals surface area contributed by atoms with E-state index in [1.54, 1.807) is 24.3 Å². The highest BCUT2D eigenvalue weighted by molar-refractivity contribution is 6.05. The third-order valence-electron chi connectivity index (χ3n) is 4.60. The molecule has 0 saturated carbocycles. The molecular weight excluding hydrogens is 348 g/mol. The minimum Gasteiger partial charge on any atom is -0.359 e. The molecule has 4 heteroatoms. The molecule has 0 radical (unpaired) electrons. The molecule has 4 nitrogen and oxygen atoms in total. The Bertz CT molecular complexity index is 979. The Kier molecular flexibility index (Phi) is 5.90. The number of hydrogen-bond donors (Lipinski definition) is 2. The SMILES string of the molecule is Cc1ccc(C(=O)NC(Nc2cc(C)ccc2C)C(=O)c2ccccc2)cc1. The van der Waals surface area contributed by atoms with Crippen molar-refractivity contribution in [3.05, 3.63) is 101 Å². The van der Waals surface area contributed by atoms with Crippen LogP contribution in [0.2, 0.25) is 0 Å². The molecule has 1 atom stereocenters. The first-order valence-electron chi connectivity index (χ1n) is 9.24. The lowest BCUT2D eigenvalue weighted by Crippen LogP contribution is -2.46. The molecule has 0 aliphatic heterocycles. The summed E-state index contributed by atoms with van der Waals surface area (Å²) < 4.78 is 0. The molecule has 0 heterocycles. The zero-order chi connectivity index (χ0) is 20.1. The van der Waals surface area contributed by atoms with E-state index in [0.29, 0.717) is 11.1 Å². The van der Waals surface area contributed by atoms with Gasteiger partial charge in [-0.2, -0.15) is 0 Å². The molecule has 0 bridgehead atoms. The zero-order valence-corrected chi connectivity index (χ0v) is 16.3. The van der Waals surface area contributed by atoms with Gasteiger partial charge in [-0.25, -0.2) is 0 Å². The fourth-order valence-corrected chi connectivity index (χ4v) is 2.90. The summed E-state index contributed by atoms with van der Waals surface area (Å²) >= 11 is 0. The maximum Gasteiger partial charge on any atom is 0.253 e. The molecule has 1 amide bonds. The van der Waals surface area contributed by atoms with Gasteiger partial charge in [0.2, 0.25) is 5.78 Å². The average molecular weight is 372 g/mol. The molecular formula is C24H24N2O2. The van der Waals surface area contributed by atoms with Crippen molar-refractivity contribution >= 4 is 17.4 Å². The fourth-order valence-electron chi connectivity index (χ4n) is 2.90. The highest BCUT2D eigenvalue weighted by atomic mass is 16.2. The fraction of sp³-hybridized carbons (Fsp3) is 0.167. The average Bonchev–Trinajstić information content (AvgIpc) is 2.70. The summed E-state index contributed by atoms with van der Waals surface area (Å²) in [7, 11) is 0. The molecule has 0 spiro atoms. The number of rotatable bonds is 6. The third-order valence-corrected chi connectivity index (χ3v) is 4.60. The second kappa shape index (κ2) is 8.53. The number of Topliss-reactive ketones (excluding diaryl/α,β-unsaturated/α-hetero) is 1. The molecule has 1 unspecified atom stereocenters. The Labute approximate surface area is 165 Å². The first-order valence-corrected chi connectivity index (χ1v) is 9.24. The van der Waals surface area contributed by atoms with Gasteiger partial charge in [0.05, 0.1) is 0 Å². The smallest absolute Gasteiger partial charge is 0.253 e. The third kappa shape index (κ3) is 4.65. The number of carbonyl (C=O) groups is 2. The first kappa shape index (κ1) is 19.4. The summed E-state index contributed by atoms with van der Waals surface area (Å²) in [6.45, 7) is 5.92. The van der Waals surface area contributed by atoms with Crippen LogP contribution in [0.4, 0.5) is 5.69 Å². The van der Waals surface area contributed by atoms with Gasteiger partial charge in [0, 0.05) is 16.8 Å². The lowest BCUT2D eigenvalue weighted by Gasteiger charge is -2.22. The van der Waals surface area contributed by atoms with E-state index in [-0.39, 0.29) is 11.7 Å². The van der Waals surface area contributed by atoms with Crippen LogP contribution in [0.1, 0.15) is 37.4 Å². The number of aryl methyl sites for hydroxylation is 3. The van der Waals surface area contributed by atoms with E-state index in [9.17, 15) is 9.59 Å². The van der Waals surface area contributed by atoms with Gasteiger partial charge >= 0.3 is 0 Å². The molecule has 3 rings (SSSR count). The van der Waals surface area contributed by atoms with Crippen LogP contribution in [0.15, 0.2) is 72.8 Å². The van der Waals surface area contributed by atoms with E-state index in [4.69, 9.17) is 0 Å². The number of ketones is 1. The minimum absolute atomic E-state index is 0.193. The second-order valence-electron chi connectivity index (χ2n) is 6.97. The summed E-state index contributed by atoms with van der Waals surface area (Å²) in [6.07, 6.45) is -0.878. The van der Waals surface area contributed by atoms with E-state index in [0.717, 1.165) is 22.4 Å². The van der Waals surface area contributed by atoms with Crippen LogP contribution in [-0.4, -0.2) is 17.9 Å². The monoisotopic (exact) mass is 372 g/mol. The van der Waals surface area contributed by atoms with E-state index < -0.39 is 6.17 Å². The Morgan fingerprint density at radius 1 is 0.750 bits per heavy atom. The molecule has 28 heavy (non-hydrogen) atoms. The molecule has 0 aliphatic carbocycles. The van der Waals surface area contributed by atoms with Crippen molar-refractivity contribution in [3.8, 4) is 0 Å². The lowest BCUT2D eigenvalue weighted by atomic mass is 10.1. The van der Waals surface area contributed by atoms with Gasteiger partial charge in [-0.1, -0.05) is 60.2 Å². The first-order chi connectivity index (χ1) is 13.4. The van der Waals surface area contributed by atoms with E-state index >= 15 is 0 Å². The summed E-state index contributed by atoms with van der Waals surface area (Å²) in [5, 5.41) is 6.06. The number of amides is 1.